The maximum atomic E-state index is 9.94. The van der Waals surface area contributed by atoms with Crippen LogP contribution in [-0.2, 0) is 6.54 Å². The average Bonchev–Trinajstić information content (AvgIpc) is 2.97. The van der Waals surface area contributed by atoms with E-state index in [4.69, 9.17) is 4.74 Å². The van der Waals surface area contributed by atoms with E-state index in [1.54, 1.807) is 13.2 Å². The molecule has 2 saturated heterocycles. The van der Waals surface area contributed by atoms with Crippen molar-refractivity contribution in [3.8, 4) is 11.5 Å². The van der Waals surface area contributed by atoms with Crippen LogP contribution in [0.4, 0.5) is 0 Å². The zero-order valence-corrected chi connectivity index (χ0v) is 14.7. The van der Waals surface area contributed by atoms with Gasteiger partial charge in [0.2, 0.25) is 0 Å². The topological polar surface area (TPSA) is 56.2 Å². The molecule has 2 heterocycles. The number of methoxy groups -OCH3 is 1. The van der Waals surface area contributed by atoms with Crippen molar-refractivity contribution in [2.45, 2.75) is 25.8 Å². The lowest BCUT2D eigenvalue weighted by Crippen LogP contribution is -2.37. The van der Waals surface area contributed by atoms with Gasteiger partial charge >= 0.3 is 0 Å². The lowest BCUT2D eigenvalue weighted by Gasteiger charge is -2.30. The molecule has 0 radical (unpaired) electrons. The Morgan fingerprint density at radius 1 is 1.08 bits per heavy atom. The molecule has 0 spiro atoms. The van der Waals surface area contributed by atoms with Crippen molar-refractivity contribution in [3.63, 3.8) is 0 Å². The zero-order chi connectivity index (χ0) is 16.9. The molecular formula is C19H30N2O3. The Morgan fingerprint density at radius 2 is 1.83 bits per heavy atom. The zero-order valence-electron chi connectivity index (χ0n) is 14.7. The molecule has 2 N–H and O–H groups in total. The number of aromatic hydroxyl groups is 1. The van der Waals surface area contributed by atoms with Gasteiger partial charge in [-0.25, -0.2) is 0 Å². The molecule has 5 nitrogen and oxygen atoms in total. The van der Waals surface area contributed by atoms with E-state index >= 15 is 0 Å². The molecule has 0 saturated carbocycles. The second-order valence-corrected chi connectivity index (χ2v) is 7.26. The highest BCUT2D eigenvalue weighted by Gasteiger charge is 2.33. The van der Waals surface area contributed by atoms with Gasteiger partial charge in [-0.1, -0.05) is 12.5 Å². The number of hydrogen-bond acceptors (Lipinski definition) is 5. The molecule has 0 unspecified atom stereocenters. The standard InChI is InChI=1S/C19H30N2O3/c1-24-19-6-5-15(9-18(19)23)10-21-12-16(17(13-21)14-22)11-20-7-3-2-4-8-20/h5-6,9,16-17,22-23H,2-4,7-8,10-14H2,1H3/t16-,17-/m0/s1. The lowest BCUT2D eigenvalue weighted by atomic mass is 9.95. The van der Waals surface area contributed by atoms with Gasteiger partial charge in [-0.05, 0) is 55.5 Å². The molecule has 0 aromatic heterocycles. The second-order valence-electron chi connectivity index (χ2n) is 7.26. The normalized spacial score (nSPS) is 25.9. The molecule has 2 fully saturated rings. The maximum absolute atomic E-state index is 9.94. The minimum absolute atomic E-state index is 0.192. The van der Waals surface area contributed by atoms with Gasteiger partial charge in [-0.2, -0.15) is 0 Å². The van der Waals surface area contributed by atoms with Crippen LogP contribution in [0.3, 0.4) is 0 Å². The Hall–Kier alpha value is -1.30. The Bertz CT molecular complexity index is 531. The van der Waals surface area contributed by atoms with E-state index in [0.29, 0.717) is 17.6 Å². The molecule has 2 aliphatic heterocycles. The number of hydrogen-bond donors (Lipinski definition) is 2. The van der Waals surface area contributed by atoms with E-state index in [2.05, 4.69) is 9.80 Å². The number of ether oxygens (including phenoxy) is 1. The highest BCUT2D eigenvalue weighted by Crippen LogP contribution is 2.30. The predicted molar refractivity (Wildman–Crippen MR) is 94.3 cm³/mol. The summed E-state index contributed by atoms with van der Waals surface area (Å²) in [5.41, 5.74) is 1.09. The Balaban J connectivity index is 1.58. The third-order valence-corrected chi connectivity index (χ3v) is 5.48. The van der Waals surface area contributed by atoms with Gasteiger partial charge < -0.3 is 19.8 Å². The van der Waals surface area contributed by atoms with E-state index in [1.807, 2.05) is 12.1 Å². The van der Waals surface area contributed by atoms with Crippen LogP contribution >= 0.6 is 0 Å². The first-order valence-electron chi connectivity index (χ1n) is 9.11. The van der Waals surface area contributed by atoms with Gasteiger partial charge in [0.1, 0.15) is 0 Å². The van der Waals surface area contributed by atoms with E-state index in [9.17, 15) is 10.2 Å². The van der Waals surface area contributed by atoms with E-state index < -0.39 is 0 Å². The van der Waals surface area contributed by atoms with Crippen molar-refractivity contribution in [1.29, 1.82) is 0 Å². The van der Waals surface area contributed by atoms with Crippen LogP contribution in [0.2, 0.25) is 0 Å². The number of aliphatic hydroxyl groups is 1. The molecule has 1 aromatic rings. The molecule has 2 atom stereocenters. The van der Waals surface area contributed by atoms with Crippen LogP contribution in [0.25, 0.3) is 0 Å². The largest absolute Gasteiger partial charge is 0.504 e. The molecule has 134 valence electrons. The SMILES string of the molecule is COc1ccc(CN2C[C@@H](CO)[C@@H](CN3CCCCC3)C2)cc1O. The molecule has 0 amide bonds. The number of phenols is 1. The highest BCUT2D eigenvalue weighted by atomic mass is 16.5. The quantitative estimate of drug-likeness (QED) is 0.832. The van der Waals surface area contributed by atoms with Crippen molar-refractivity contribution in [3.05, 3.63) is 23.8 Å². The number of phenolic OH excluding ortho intramolecular Hbond substituents is 1. The molecule has 24 heavy (non-hydrogen) atoms. The van der Waals surface area contributed by atoms with Crippen molar-refractivity contribution in [1.82, 2.24) is 9.80 Å². The molecule has 0 aliphatic carbocycles. The van der Waals surface area contributed by atoms with Crippen LogP contribution in [0.15, 0.2) is 18.2 Å². The van der Waals surface area contributed by atoms with Gasteiger partial charge in [-0.15, -0.1) is 0 Å². The van der Waals surface area contributed by atoms with Crippen LogP contribution in [-0.4, -0.2) is 66.5 Å². The third-order valence-electron chi connectivity index (χ3n) is 5.48. The summed E-state index contributed by atoms with van der Waals surface area (Å²) in [5, 5.41) is 19.7. The van der Waals surface area contributed by atoms with Gasteiger partial charge in [0, 0.05) is 32.8 Å². The number of nitrogens with zero attached hydrogens (tertiary/aromatic N) is 2. The second kappa shape index (κ2) is 8.19. The summed E-state index contributed by atoms with van der Waals surface area (Å²) in [6.45, 7) is 6.56. The van der Waals surface area contributed by atoms with Crippen molar-refractivity contribution in [2.24, 2.45) is 11.8 Å². The van der Waals surface area contributed by atoms with Crippen molar-refractivity contribution >= 4 is 0 Å². The number of benzene rings is 1. The lowest BCUT2D eigenvalue weighted by molar-refractivity contribution is 0.149. The first-order valence-corrected chi connectivity index (χ1v) is 9.11. The molecule has 2 aliphatic rings. The summed E-state index contributed by atoms with van der Waals surface area (Å²) in [6.07, 6.45) is 3.98. The number of rotatable bonds is 6. The fourth-order valence-corrected chi connectivity index (χ4v) is 4.14. The van der Waals surface area contributed by atoms with Crippen LogP contribution in [0.1, 0.15) is 24.8 Å². The summed E-state index contributed by atoms with van der Waals surface area (Å²) in [5.74, 6) is 1.60. The van der Waals surface area contributed by atoms with Gasteiger partial charge in [0.05, 0.1) is 7.11 Å². The van der Waals surface area contributed by atoms with Crippen LogP contribution < -0.4 is 4.74 Å². The summed E-state index contributed by atoms with van der Waals surface area (Å²) in [6, 6.07) is 5.60. The molecule has 3 rings (SSSR count). The van der Waals surface area contributed by atoms with Gasteiger partial charge in [-0.3, -0.25) is 4.90 Å². The molecule has 5 heteroatoms. The predicted octanol–water partition coefficient (Wildman–Crippen LogP) is 1.93. The smallest absolute Gasteiger partial charge is 0.160 e. The van der Waals surface area contributed by atoms with Crippen molar-refractivity contribution < 1.29 is 14.9 Å². The van der Waals surface area contributed by atoms with Crippen LogP contribution in [0, 0.1) is 11.8 Å². The Labute approximate surface area is 144 Å². The summed E-state index contributed by atoms with van der Waals surface area (Å²) >= 11 is 0. The summed E-state index contributed by atoms with van der Waals surface area (Å²) < 4.78 is 5.10. The van der Waals surface area contributed by atoms with Gasteiger partial charge in [0.15, 0.2) is 11.5 Å². The fraction of sp³-hybridized carbons (Fsp3) is 0.684. The molecule has 0 bridgehead atoms. The first-order chi connectivity index (χ1) is 11.7. The fourth-order valence-electron chi connectivity index (χ4n) is 4.14. The van der Waals surface area contributed by atoms with E-state index in [-0.39, 0.29) is 12.4 Å². The minimum Gasteiger partial charge on any atom is -0.504 e. The minimum atomic E-state index is 0.192. The third kappa shape index (κ3) is 4.21. The van der Waals surface area contributed by atoms with Crippen molar-refractivity contribution in [2.75, 3.05) is 46.4 Å². The monoisotopic (exact) mass is 334 g/mol. The first kappa shape index (κ1) is 17.5. The molecular weight excluding hydrogens is 304 g/mol. The number of likely N-dealkylation sites (tertiary alicyclic amines) is 2. The van der Waals surface area contributed by atoms with E-state index in [1.165, 1.54) is 32.4 Å². The number of piperidine rings is 1. The maximum Gasteiger partial charge on any atom is 0.160 e. The Kier molecular flexibility index (Phi) is 5.98. The number of aliphatic hydroxyl groups excluding tert-OH is 1. The van der Waals surface area contributed by atoms with Gasteiger partial charge in [0.25, 0.3) is 0 Å². The summed E-state index contributed by atoms with van der Waals surface area (Å²) in [7, 11) is 1.56. The highest BCUT2D eigenvalue weighted by molar-refractivity contribution is 5.41. The van der Waals surface area contributed by atoms with Crippen LogP contribution in [0.5, 0.6) is 11.5 Å². The Morgan fingerprint density at radius 3 is 2.50 bits per heavy atom. The molecule has 1 aromatic carbocycles. The summed E-state index contributed by atoms with van der Waals surface area (Å²) in [4.78, 5) is 4.97. The van der Waals surface area contributed by atoms with E-state index in [0.717, 1.165) is 31.7 Å². The average molecular weight is 334 g/mol.